The fraction of sp³-hybridized carbons (Fsp3) is 0.529. The van der Waals surface area contributed by atoms with E-state index < -0.39 is 0 Å². The van der Waals surface area contributed by atoms with Crippen LogP contribution in [-0.4, -0.2) is 19.0 Å². The average Bonchev–Trinajstić information content (AvgIpc) is 2.24. The van der Waals surface area contributed by atoms with Gasteiger partial charge in [-0.05, 0) is 34.6 Å². The van der Waals surface area contributed by atoms with E-state index in [0.717, 1.165) is 16.7 Å². The number of hydrogen-bond donors (Lipinski definition) is 0. The Morgan fingerprint density at radius 2 is 1.37 bits per heavy atom. The summed E-state index contributed by atoms with van der Waals surface area (Å²) >= 11 is 0. The van der Waals surface area contributed by atoms with Crippen molar-refractivity contribution in [2.45, 2.75) is 41.5 Å². The number of carbonyl (C=O) groups excluding carboxylic acids is 1. The van der Waals surface area contributed by atoms with Crippen molar-refractivity contribution in [1.82, 2.24) is 0 Å². The molecular formula is C17H25NO. The Balaban J connectivity index is 3.38. The maximum Gasteiger partial charge on any atom is 0.186 e. The second-order valence-electron chi connectivity index (χ2n) is 7.02. The van der Waals surface area contributed by atoms with Gasteiger partial charge in [-0.25, -0.2) is 0 Å². The number of nitrogens with zero attached hydrogens (tertiary/aromatic N) is 1. The normalized spacial score (nSPS) is 17.6. The monoisotopic (exact) mass is 259 g/mol. The van der Waals surface area contributed by atoms with Gasteiger partial charge in [0, 0.05) is 24.4 Å². The van der Waals surface area contributed by atoms with Gasteiger partial charge >= 0.3 is 0 Å². The van der Waals surface area contributed by atoms with Crippen molar-refractivity contribution in [3.8, 4) is 0 Å². The summed E-state index contributed by atoms with van der Waals surface area (Å²) in [6.45, 7) is 12.5. The fourth-order valence-electron chi connectivity index (χ4n) is 2.02. The number of allylic oxidation sites excluding steroid dienone is 6. The van der Waals surface area contributed by atoms with E-state index in [4.69, 9.17) is 0 Å². The molecule has 0 bridgehead atoms. The number of Topliss-reactive ketones (excluding diaryl/α,β-unsaturated/α-hetero) is 1. The van der Waals surface area contributed by atoms with Gasteiger partial charge in [0.05, 0.1) is 0 Å². The van der Waals surface area contributed by atoms with Gasteiger partial charge in [-0.1, -0.05) is 41.5 Å². The zero-order chi connectivity index (χ0) is 14.8. The Hall–Kier alpha value is -1.44. The summed E-state index contributed by atoms with van der Waals surface area (Å²) in [7, 11) is 1.74. The van der Waals surface area contributed by atoms with Crippen LogP contribution in [0.25, 0.3) is 0 Å². The predicted octanol–water partition coefficient (Wildman–Crippen LogP) is 4.14. The van der Waals surface area contributed by atoms with Crippen LogP contribution in [0.3, 0.4) is 0 Å². The number of hydrogen-bond acceptors (Lipinski definition) is 2. The van der Waals surface area contributed by atoms with E-state index in [2.05, 4.69) is 46.5 Å². The van der Waals surface area contributed by atoms with E-state index in [1.165, 1.54) is 0 Å². The maximum absolute atomic E-state index is 12.6. The molecule has 0 aromatic heterocycles. The van der Waals surface area contributed by atoms with Crippen molar-refractivity contribution in [2.24, 2.45) is 15.8 Å². The Kier molecular flexibility index (Phi) is 4.34. The van der Waals surface area contributed by atoms with Crippen molar-refractivity contribution in [3.05, 3.63) is 34.9 Å². The summed E-state index contributed by atoms with van der Waals surface area (Å²) in [4.78, 5) is 16.6. The van der Waals surface area contributed by atoms with E-state index in [-0.39, 0.29) is 16.6 Å². The Morgan fingerprint density at radius 3 is 1.68 bits per heavy atom. The molecule has 0 radical (unpaired) electrons. The van der Waals surface area contributed by atoms with Crippen LogP contribution < -0.4 is 0 Å². The molecule has 19 heavy (non-hydrogen) atoms. The molecule has 0 spiro atoms. The molecule has 1 aliphatic carbocycles. The molecule has 104 valence electrons. The second kappa shape index (κ2) is 5.28. The molecule has 0 fully saturated rings. The highest BCUT2D eigenvalue weighted by Crippen LogP contribution is 2.38. The van der Waals surface area contributed by atoms with Crippen LogP contribution in [0.4, 0.5) is 0 Å². The summed E-state index contributed by atoms with van der Waals surface area (Å²) < 4.78 is 0. The summed E-state index contributed by atoms with van der Waals surface area (Å²) in [5.74, 6) is 0.172. The molecule has 0 N–H and O–H groups in total. The van der Waals surface area contributed by atoms with E-state index >= 15 is 0 Å². The van der Waals surface area contributed by atoms with Gasteiger partial charge in [0.25, 0.3) is 0 Å². The number of rotatable bonds is 1. The van der Waals surface area contributed by atoms with Crippen LogP contribution in [0.5, 0.6) is 0 Å². The van der Waals surface area contributed by atoms with Gasteiger partial charge < -0.3 is 0 Å². The van der Waals surface area contributed by atoms with Crippen LogP contribution in [0.2, 0.25) is 0 Å². The number of aliphatic imine (C=N–C) groups is 1. The van der Waals surface area contributed by atoms with Gasteiger partial charge in [-0.15, -0.1) is 0 Å². The first-order chi connectivity index (χ1) is 8.57. The van der Waals surface area contributed by atoms with Crippen molar-refractivity contribution >= 4 is 12.0 Å². The van der Waals surface area contributed by atoms with Crippen LogP contribution >= 0.6 is 0 Å². The highest BCUT2D eigenvalue weighted by Gasteiger charge is 2.33. The molecule has 0 aromatic carbocycles. The third-order valence-corrected chi connectivity index (χ3v) is 3.14. The molecular weight excluding hydrogens is 234 g/mol. The minimum absolute atomic E-state index is 0.149. The first kappa shape index (κ1) is 15.6. The zero-order valence-electron chi connectivity index (χ0n) is 13.2. The van der Waals surface area contributed by atoms with Crippen LogP contribution in [0.1, 0.15) is 41.5 Å². The largest absolute Gasteiger partial charge is 0.296 e. The number of ketones is 1. The SMILES string of the molecule is CN=CC=C1C=C(C(C)(C)C)C(=O)C(C(C)(C)C)=C1. The van der Waals surface area contributed by atoms with Crippen molar-refractivity contribution in [3.63, 3.8) is 0 Å². The third kappa shape index (κ3) is 3.76. The lowest BCUT2D eigenvalue weighted by molar-refractivity contribution is -0.114. The quantitative estimate of drug-likeness (QED) is 0.651. The molecule has 2 nitrogen and oxygen atoms in total. The van der Waals surface area contributed by atoms with E-state index in [0.29, 0.717) is 0 Å². The van der Waals surface area contributed by atoms with Crippen molar-refractivity contribution in [1.29, 1.82) is 0 Å². The minimum Gasteiger partial charge on any atom is -0.296 e. The van der Waals surface area contributed by atoms with Gasteiger partial charge in [0.1, 0.15) is 0 Å². The Morgan fingerprint density at radius 1 is 0.947 bits per heavy atom. The van der Waals surface area contributed by atoms with E-state index in [1.54, 1.807) is 13.3 Å². The molecule has 0 saturated carbocycles. The van der Waals surface area contributed by atoms with Crippen LogP contribution in [-0.2, 0) is 4.79 Å². The first-order valence-corrected chi connectivity index (χ1v) is 6.69. The highest BCUT2D eigenvalue weighted by atomic mass is 16.1. The Bertz CT molecular complexity index is 452. The number of carbonyl (C=O) groups is 1. The molecule has 0 aliphatic heterocycles. The summed E-state index contributed by atoms with van der Waals surface area (Å²) in [5, 5.41) is 0. The molecule has 0 aromatic rings. The predicted molar refractivity (Wildman–Crippen MR) is 82.6 cm³/mol. The van der Waals surface area contributed by atoms with E-state index in [9.17, 15) is 4.79 Å². The molecule has 0 heterocycles. The van der Waals surface area contributed by atoms with Gasteiger partial charge in [-0.3, -0.25) is 9.79 Å². The lowest BCUT2D eigenvalue weighted by atomic mass is 9.72. The Labute approximate surface area is 117 Å². The smallest absolute Gasteiger partial charge is 0.186 e. The molecule has 1 rings (SSSR count). The van der Waals surface area contributed by atoms with Gasteiger partial charge in [-0.2, -0.15) is 0 Å². The molecule has 1 aliphatic rings. The lowest BCUT2D eigenvalue weighted by Gasteiger charge is -2.31. The van der Waals surface area contributed by atoms with Crippen molar-refractivity contribution < 1.29 is 4.79 Å². The minimum atomic E-state index is -0.149. The highest BCUT2D eigenvalue weighted by molar-refractivity contribution is 6.12. The fourth-order valence-corrected chi connectivity index (χ4v) is 2.02. The summed E-state index contributed by atoms with van der Waals surface area (Å²) in [6, 6.07) is 0. The molecule has 0 saturated heterocycles. The lowest BCUT2D eigenvalue weighted by Crippen LogP contribution is -2.27. The van der Waals surface area contributed by atoms with E-state index in [1.807, 2.05) is 18.2 Å². The van der Waals surface area contributed by atoms with Gasteiger partial charge in [0.15, 0.2) is 5.78 Å². The molecule has 0 unspecified atom stereocenters. The first-order valence-electron chi connectivity index (χ1n) is 6.69. The van der Waals surface area contributed by atoms with Crippen molar-refractivity contribution in [2.75, 3.05) is 7.05 Å². The topological polar surface area (TPSA) is 29.4 Å². The average molecular weight is 259 g/mol. The summed E-state index contributed by atoms with van der Waals surface area (Å²) in [5.41, 5.74) is 2.49. The summed E-state index contributed by atoms with van der Waals surface area (Å²) in [6.07, 6.45) is 7.68. The van der Waals surface area contributed by atoms with Crippen LogP contribution in [0, 0.1) is 10.8 Å². The van der Waals surface area contributed by atoms with Gasteiger partial charge in [0.2, 0.25) is 0 Å². The molecule has 0 atom stereocenters. The maximum atomic E-state index is 12.6. The standard InChI is InChI=1S/C17H25NO/c1-16(2,3)13-10-12(8-9-18-7)11-14(15(13)19)17(4,5)6/h8-11H,1-7H3. The molecule has 2 heteroatoms. The van der Waals surface area contributed by atoms with Crippen LogP contribution in [0.15, 0.2) is 39.9 Å². The molecule has 0 amide bonds. The second-order valence-corrected chi connectivity index (χ2v) is 7.02. The zero-order valence-corrected chi connectivity index (χ0v) is 13.2. The third-order valence-electron chi connectivity index (χ3n) is 3.14.